The topological polar surface area (TPSA) is 103 Å². The second-order valence-electron chi connectivity index (χ2n) is 5.65. The number of hydrogen-bond donors (Lipinski definition) is 2. The maximum atomic E-state index is 12.7. The van der Waals surface area contributed by atoms with Gasteiger partial charge >= 0.3 is 5.97 Å². The van der Waals surface area contributed by atoms with E-state index >= 15 is 0 Å². The van der Waals surface area contributed by atoms with Crippen LogP contribution in [-0.2, 0) is 14.3 Å². The molecule has 0 saturated carbocycles. The highest BCUT2D eigenvalue weighted by Crippen LogP contribution is 2.16. The lowest BCUT2D eigenvalue weighted by Crippen LogP contribution is -2.51. The second-order valence-corrected chi connectivity index (χ2v) is 5.65. The Labute approximate surface area is 144 Å². The van der Waals surface area contributed by atoms with E-state index in [1.54, 1.807) is 41.3 Å². The quantitative estimate of drug-likeness (QED) is 0.805. The van der Waals surface area contributed by atoms with Gasteiger partial charge in [-0.1, -0.05) is 12.1 Å². The fourth-order valence-corrected chi connectivity index (χ4v) is 2.75. The van der Waals surface area contributed by atoms with E-state index in [-0.39, 0.29) is 12.5 Å². The average Bonchev–Trinajstić information content (AvgIpc) is 3.15. The molecule has 1 saturated heterocycles. The molecule has 0 unspecified atom stereocenters. The minimum atomic E-state index is -1.04. The molecule has 2 aromatic rings. The molecule has 1 aromatic carbocycles. The number of carboxylic acids is 1. The van der Waals surface area contributed by atoms with Crippen molar-refractivity contribution in [1.82, 2.24) is 15.1 Å². The van der Waals surface area contributed by atoms with Gasteiger partial charge in [-0.15, -0.1) is 0 Å². The van der Waals surface area contributed by atoms with Gasteiger partial charge < -0.3 is 19.9 Å². The maximum Gasteiger partial charge on any atom is 0.329 e. The number of carbonyl (C=O) groups is 2. The highest BCUT2D eigenvalue weighted by Gasteiger charge is 2.29. The first kappa shape index (κ1) is 17.1. The van der Waals surface area contributed by atoms with Gasteiger partial charge in [0.2, 0.25) is 0 Å². The van der Waals surface area contributed by atoms with Gasteiger partial charge in [0.15, 0.2) is 0 Å². The molecule has 8 heteroatoms. The SMILES string of the molecule is O=C(O)CO[C@H]1CCOC[C@H]1NC(=O)c1ccccc1-n1cccn1. The Morgan fingerprint density at radius 1 is 1.36 bits per heavy atom. The van der Waals surface area contributed by atoms with Crippen LogP contribution in [0.25, 0.3) is 5.69 Å². The first-order valence-electron chi connectivity index (χ1n) is 7.96. The van der Waals surface area contributed by atoms with Gasteiger partial charge in [0.05, 0.1) is 30.0 Å². The van der Waals surface area contributed by atoms with Gasteiger partial charge in [-0.3, -0.25) is 4.79 Å². The molecule has 1 aliphatic heterocycles. The number of carboxylic acid groups (broad SMARTS) is 1. The first-order chi connectivity index (χ1) is 12.1. The highest BCUT2D eigenvalue weighted by molar-refractivity contribution is 5.98. The molecule has 25 heavy (non-hydrogen) atoms. The van der Waals surface area contributed by atoms with Crippen LogP contribution >= 0.6 is 0 Å². The van der Waals surface area contributed by atoms with E-state index in [2.05, 4.69) is 10.4 Å². The van der Waals surface area contributed by atoms with Crippen molar-refractivity contribution in [2.75, 3.05) is 19.8 Å². The summed E-state index contributed by atoms with van der Waals surface area (Å²) in [6.07, 6.45) is 3.53. The first-order valence-corrected chi connectivity index (χ1v) is 7.96. The lowest BCUT2D eigenvalue weighted by Gasteiger charge is -2.31. The van der Waals surface area contributed by atoms with Crippen LogP contribution in [0, 0.1) is 0 Å². The van der Waals surface area contributed by atoms with Gasteiger partial charge in [0, 0.05) is 19.0 Å². The van der Waals surface area contributed by atoms with E-state index in [0.29, 0.717) is 24.3 Å². The van der Waals surface area contributed by atoms with Gasteiger partial charge in [-0.05, 0) is 24.6 Å². The average molecular weight is 345 g/mol. The second kappa shape index (κ2) is 7.91. The predicted molar refractivity (Wildman–Crippen MR) is 87.6 cm³/mol. The molecule has 132 valence electrons. The van der Waals surface area contributed by atoms with Crippen LogP contribution in [0.2, 0.25) is 0 Å². The summed E-state index contributed by atoms with van der Waals surface area (Å²) in [5.74, 6) is -1.33. The van der Waals surface area contributed by atoms with Crippen molar-refractivity contribution >= 4 is 11.9 Å². The summed E-state index contributed by atoms with van der Waals surface area (Å²) in [5.41, 5.74) is 1.12. The van der Waals surface area contributed by atoms with Gasteiger partial charge in [-0.2, -0.15) is 5.10 Å². The fraction of sp³-hybridized carbons (Fsp3) is 0.353. The number of ether oxygens (including phenoxy) is 2. The van der Waals surface area contributed by atoms with Crippen LogP contribution < -0.4 is 5.32 Å². The Morgan fingerprint density at radius 3 is 2.96 bits per heavy atom. The molecule has 2 heterocycles. The summed E-state index contributed by atoms with van der Waals surface area (Å²) < 4.78 is 12.4. The number of para-hydroxylation sites is 1. The van der Waals surface area contributed by atoms with Crippen molar-refractivity contribution in [2.45, 2.75) is 18.6 Å². The Kier molecular flexibility index (Phi) is 5.42. The van der Waals surface area contributed by atoms with Gasteiger partial charge in [0.1, 0.15) is 6.61 Å². The molecule has 3 rings (SSSR count). The molecule has 8 nitrogen and oxygen atoms in total. The van der Waals surface area contributed by atoms with E-state index in [4.69, 9.17) is 14.6 Å². The summed E-state index contributed by atoms with van der Waals surface area (Å²) in [6, 6.07) is 8.49. The molecule has 1 aliphatic rings. The normalized spacial score (nSPS) is 20.2. The van der Waals surface area contributed by atoms with E-state index in [1.807, 2.05) is 6.07 Å². The summed E-state index contributed by atoms with van der Waals surface area (Å²) >= 11 is 0. The predicted octanol–water partition coefficient (Wildman–Crippen LogP) is 0.861. The molecule has 0 spiro atoms. The number of rotatable bonds is 6. The Balaban J connectivity index is 1.74. The molecule has 2 atom stereocenters. The number of amides is 1. The maximum absolute atomic E-state index is 12.7. The third-order valence-electron chi connectivity index (χ3n) is 3.93. The van der Waals surface area contributed by atoms with E-state index < -0.39 is 24.7 Å². The standard InChI is InChI=1S/C17H19N3O5/c21-16(22)11-25-15-6-9-24-10-13(15)19-17(23)12-4-1-2-5-14(12)20-8-3-7-18-20/h1-5,7-8,13,15H,6,9-11H2,(H,19,23)(H,21,22)/t13-,15+/m1/s1. The highest BCUT2D eigenvalue weighted by atomic mass is 16.5. The molecule has 0 bridgehead atoms. The molecular weight excluding hydrogens is 326 g/mol. The van der Waals surface area contributed by atoms with Gasteiger partial charge in [-0.25, -0.2) is 9.48 Å². The molecule has 0 radical (unpaired) electrons. The monoisotopic (exact) mass is 345 g/mol. The van der Waals surface area contributed by atoms with Crippen molar-refractivity contribution in [2.24, 2.45) is 0 Å². The number of aliphatic carboxylic acids is 1. The minimum Gasteiger partial charge on any atom is -0.480 e. The zero-order valence-electron chi connectivity index (χ0n) is 13.5. The van der Waals surface area contributed by atoms with Gasteiger partial charge in [0.25, 0.3) is 5.91 Å². The third kappa shape index (κ3) is 4.23. The Morgan fingerprint density at radius 2 is 2.20 bits per heavy atom. The number of aromatic nitrogens is 2. The van der Waals surface area contributed by atoms with Crippen LogP contribution in [0.4, 0.5) is 0 Å². The lowest BCUT2D eigenvalue weighted by atomic mass is 10.1. The zero-order valence-corrected chi connectivity index (χ0v) is 13.5. The largest absolute Gasteiger partial charge is 0.480 e. The molecule has 1 aromatic heterocycles. The number of nitrogens with zero attached hydrogens (tertiary/aromatic N) is 2. The van der Waals surface area contributed by atoms with Crippen molar-refractivity contribution in [3.05, 3.63) is 48.3 Å². The number of carbonyl (C=O) groups excluding carboxylic acids is 1. The fourth-order valence-electron chi connectivity index (χ4n) is 2.75. The van der Waals surface area contributed by atoms with Crippen LogP contribution in [-0.4, -0.2) is 58.7 Å². The lowest BCUT2D eigenvalue weighted by molar-refractivity contribution is -0.147. The van der Waals surface area contributed by atoms with Crippen LogP contribution in [0.1, 0.15) is 16.8 Å². The van der Waals surface area contributed by atoms with Crippen LogP contribution in [0.15, 0.2) is 42.7 Å². The molecule has 0 aliphatic carbocycles. The van der Waals surface area contributed by atoms with Crippen LogP contribution in [0.3, 0.4) is 0 Å². The Bertz CT molecular complexity index is 732. The minimum absolute atomic E-state index is 0.278. The zero-order chi connectivity index (χ0) is 17.6. The molecule has 1 amide bonds. The van der Waals surface area contributed by atoms with Crippen LogP contribution in [0.5, 0.6) is 0 Å². The Hall–Kier alpha value is -2.71. The van der Waals surface area contributed by atoms with E-state index in [1.165, 1.54) is 0 Å². The van der Waals surface area contributed by atoms with E-state index in [9.17, 15) is 9.59 Å². The molecule has 2 N–H and O–H groups in total. The number of nitrogens with one attached hydrogen (secondary N) is 1. The summed E-state index contributed by atoms with van der Waals surface area (Å²) in [4.78, 5) is 23.4. The summed E-state index contributed by atoms with van der Waals surface area (Å²) in [5, 5.41) is 15.8. The van der Waals surface area contributed by atoms with Crippen molar-refractivity contribution < 1.29 is 24.2 Å². The van der Waals surface area contributed by atoms with E-state index in [0.717, 1.165) is 0 Å². The summed E-state index contributed by atoms with van der Waals surface area (Å²) in [7, 11) is 0. The van der Waals surface area contributed by atoms with Crippen molar-refractivity contribution in [3.8, 4) is 5.69 Å². The molecule has 1 fully saturated rings. The third-order valence-corrected chi connectivity index (χ3v) is 3.93. The van der Waals surface area contributed by atoms with Crippen molar-refractivity contribution in [3.63, 3.8) is 0 Å². The number of benzene rings is 1. The smallest absolute Gasteiger partial charge is 0.329 e. The molecular formula is C17H19N3O5. The number of hydrogen-bond acceptors (Lipinski definition) is 5. The summed E-state index contributed by atoms with van der Waals surface area (Å²) in [6.45, 7) is 0.349. The van der Waals surface area contributed by atoms with Crippen molar-refractivity contribution in [1.29, 1.82) is 0 Å².